The SMILES string of the molecule is O=C(c1sccc1-c1ccccc1)N1CCN(S(=O)(=O)c2ccccc2[N+](=O)[O-])CC1. The summed E-state index contributed by atoms with van der Waals surface area (Å²) in [7, 11) is -4.04. The summed E-state index contributed by atoms with van der Waals surface area (Å²) in [5.74, 6) is -0.142. The van der Waals surface area contributed by atoms with E-state index < -0.39 is 20.6 Å². The zero-order valence-electron chi connectivity index (χ0n) is 16.4. The average Bonchev–Trinajstić information content (AvgIpc) is 3.29. The molecule has 2 aromatic carbocycles. The van der Waals surface area contributed by atoms with Crippen molar-refractivity contribution in [1.82, 2.24) is 9.21 Å². The molecule has 8 nitrogen and oxygen atoms in total. The average molecular weight is 458 g/mol. The first kappa shape index (κ1) is 21.2. The Morgan fingerprint density at radius 2 is 1.58 bits per heavy atom. The molecule has 1 saturated heterocycles. The number of hydrogen-bond acceptors (Lipinski definition) is 6. The number of benzene rings is 2. The number of hydrogen-bond donors (Lipinski definition) is 0. The second-order valence-corrected chi connectivity index (χ2v) is 9.77. The summed E-state index contributed by atoms with van der Waals surface area (Å²) in [6.07, 6.45) is 0. The van der Waals surface area contributed by atoms with Crippen molar-refractivity contribution >= 4 is 33.0 Å². The summed E-state index contributed by atoms with van der Waals surface area (Å²) in [5, 5.41) is 13.1. The molecule has 1 amide bonds. The van der Waals surface area contributed by atoms with E-state index in [1.165, 1.54) is 39.9 Å². The standard InChI is InChI=1S/C21H19N3O5S2/c25-21(20-17(10-15-30-20)16-6-2-1-3-7-16)22-11-13-23(14-12-22)31(28,29)19-9-5-4-8-18(19)24(26)27/h1-10,15H,11-14H2. The molecule has 0 unspecified atom stereocenters. The van der Waals surface area contributed by atoms with Crippen LogP contribution < -0.4 is 0 Å². The summed E-state index contributed by atoms with van der Waals surface area (Å²) in [5.41, 5.74) is 1.35. The molecule has 1 aliphatic heterocycles. The first-order chi connectivity index (χ1) is 14.9. The predicted octanol–water partition coefficient (Wildman–Crippen LogP) is 3.47. The van der Waals surface area contributed by atoms with Gasteiger partial charge in [-0.05, 0) is 23.1 Å². The highest BCUT2D eigenvalue weighted by atomic mass is 32.2. The molecule has 4 rings (SSSR count). The van der Waals surface area contributed by atoms with Crippen LogP contribution in [0, 0.1) is 10.1 Å². The van der Waals surface area contributed by atoms with Gasteiger partial charge in [0, 0.05) is 37.8 Å². The molecule has 0 bridgehead atoms. The monoisotopic (exact) mass is 457 g/mol. The smallest absolute Gasteiger partial charge is 0.289 e. The molecular weight excluding hydrogens is 438 g/mol. The molecule has 0 spiro atoms. The number of sulfonamides is 1. The number of carbonyl (C=O) groups excluding carboxylic acids is 1. The molecule has 3 aromatic rings. The Morgan fingerprint density at radius 1 is 0.935 bits per heavy atom. The third-order valence-electron chi connectivity index (χ3n) is 5.15. The lowest BCUT2D eigenvalue weighted by atomic mass is 10.1. The predicted molar refractivity (Wildman–Crippen MR) is 118 cm³/mol. The maximum absolute atomic E-state index is 13.1. The topological polar surface area (TPSA) is 101 Å². The molecule has 0 radical (unpaired) electrons. The molecule has 160 valence electrons. The molecule has 1 aliphatic rings. The minimum atomic E-state index is -4.04. The van der Waals surface area contributed by atoms with E-state index in [2.05, 4.69) is 0 Å². The second-order valence-electron chi connectivity index (χ2n) is 6.95. The van der Waals surface area contributed by atoms with Crippen molar-refractivity contribution in [3.8, 4) is 11.1 Å². The van der Waals surface area contributed by atoms with Gasteiger partial charge in [-0.25, -0.2) is 8.42 Å². The van der Waals surface area contributed by atoms with Crippen molar-refractivity contribution in [3.63, 3.8) is 0 Å². The van der Waals surface area contributed by atoms with E-state index in [1.807, 2.05) is 41.8 Å². The molecule has 2 heterocycles. The van der Waals surface area contributed by atoms with Gasteiger partial charge < -0.3 is 4.90 Å². The lowest BCUT2D eigenvalue weighted by molar-refractivity contribution is -0.387. The molecule has 0 N–H and O–H groups in total. The quantitative estimate of drug-likeness (QED) is 0.431. The molecule has 1 aromatic heterocycles. The Bertz CT molecular complexity index is 1220. The third-order valence-corrected chi connectivity index (χ3v) is 8.00. The van der Waals surface area contributed by atoms with Crippen molar-refractivity contribution in [1.29, 1.82) is 0 Å². The Labute approximate surface area is 183 Å². The molecule has 0 atom stereocenters. The Hall–Kier alpha value is -3.08. The Balaban J connectivity index is 1.51. The zero-order valence-corrected chi connectivity index (χ0v) is 18.0. The maximum atomic E-state index is 13.1. The van der Waals surface area contributed by atoms with E-state index in [9.17, 15) is 23.3 Å². The summed E-state index contributed by atoms with van der Waals surface area (Å²) in [6, 6.07) is 16.8. The lowest BCUT2D eigenvalue weighted by Crippen LogP contribution is -2.50. The van der Waals surface area contributed by atoms with Crippen LogP contribution in [-0.4, -0.2) is 54.6 Å². The number of nitrogens with zero attached hydrogens (tertiary/aromatic N) is 3. The van der Waals surface area contributed by atoms with Crippen LogP contribution >= 0.6 is 11.3 Å². The van der Waals surface area contributed by atoms with Gasteiger partial charge >= 0.3 is 0 Å². The van der Waals surface area contributed by atoms with Crippen LogP contribution in [-0.2, 0) is 10.0 Å². The largest absolute Gasteiger partial charge is 0.335 e. The van der Waals surface area contributed by atoms with E-state index in [0.717, 1.165) is 11.1 Å². The van der Waals surface area contributed by atoms with Crippen LogP contribution in [0.4, 0.5) is 5.69 Å². The van der Waals surface area contributed by atoms with Crippen LogP contribution in [0.5, 0.6) is 0 Å². The Morgan fingerprint density at radius 3 is 2.26 bits per heavy atom. The van der Waals surface area contributed by atoms with Gasteiger partial charge in [0.1, 0.15) is 0 Å². The fourth-order valence-electron chi connectivity index (χ4n) is 3.56. The first-order valence-corrected chi connectivity index (χ1v) is 11.9. The number of rotatable bonds is 5. The molecule has 0 saturated carbocycles. The van der Waals surface area contributed by atoms with Gasteiger partial charge in [-0.3, -0.25) is 14.9 Å². The van der Waals surface area contributed by atoms with Gasteiger partial charge in [-0.1, -0.05) is 42.5 Å². The van der Waals surface area contributed by atoms with Gasteiger partial charge in [0.2, 0.25) is 10.0 Å². The van der Waals surface area contributed by atoms with Crippen molar-refractivity contribution < 1.29 is 18.1 Å². The lowest BCUT2D eigenvalue weighted by Gasteiger charge is -2.33. The molecule has 10 heteroatoms. The van der Waals surface area contributed by atoms with E-state index in [1.54, 1.807) is 4.90 Å². The maximum Gasteiger partial charge on any atom is 0.289 e. The summed E-state index contributed by atoms with van der Waals surface area (Å²) >= 11 is 1.36. The molecular formula is C21H19N3O5S2. The van der Waals surface area contributed by atoms with E-state index in [4.69, 9.17) is 0 Å². The molecule has 31 heavy (non-hydrogen) atoms. The van der Waals surface area contributed by atoms with Crippen LogP contribution in [0.3, 0.4) is 0 Å². The normalized spacial score (nSPS) is 15.0. The number of nitro groups is 1. The number of nitro benzene ring substituents is 1. The van der Waals surface area contributed by atoms with E-state index in [-0.39, 0.29) is 37.0 Å². The summed E-state index contributed by atoms with van der Waals surface area (Å²) in [6.45, 7) is 0.577. The van der Waals surface area contributed by atoms with Crippen molar-refractivity contribution in [2.75, 3.05) is 26.2 Å². The van der Waals surface area contributed by atoms with Gasteiger partial charge in [0.25, 0.3) is 11.6 Å². The molecule has 0 aliphatic carbocycles. The fourth-order valence-corrected chi connectivity index (χ4v) is 6.02. The van der Waals surface area contributed by atoms with Crippen LogP contribution in [0.2, 0.25) is 0 Å². The Kier molecular flexibility index (Phi) is 5.86. The fraction of sp³-hybridized carbons (Fsp3) is 0.190. The van der Waals surface area contributed by atoms with Crippen molar-refractivity contribution in [2.24, 2.45) is 0 Å². The highest BCUT2D eigenvalue weighted by Crippen LogP contribution is 2.31. The number of piperazine rings is 1. The minimum absolute atomic E-state index is 0.0756. The van der Waals surface area contributed by atoms with Crippen molar-refractivity contribution in [2.45, 2.75) is 4.90 Å². The zero-order chi connectivity index (χ0) is 22.0. The van der Waals surface area contributed by atoms with Crippen molar-refractivity contribution in [3.05, 3.63) is 81.0 Å². The van der Waals surface area contributed by atoms with Crippen LogP contribution in [0.1, 0.15) is 9.67 Å². The van der Waals surface area contributed by atoms with Gasteiger partial charge in [0.15, 0.2) is 4.90 Å². The summed E-state index contributed by atoms with van der Waals surface area (Å²) < 4.78 is 27.2. The van der Waals surface area contributed by atoms with Crippen LogP contribution in [0.25, 0.3) is 11.1 Å². The number of carbonyl (C=O) groups is 1. The highest BCUT2D eigenvalue weighted by Gasteiger charge is 2.35. The second kappa shape index (κ2) is 8.58. The summed E-state index contributed by atoms with van der Waals surface area (Å²) in [4.78, 5) is 25.6. The van der Waals surface area contributed by atoms with Gasteiger partial charge in [-0.2, -0.15) is 4.31 Å². The van der Waals surface area contributed by atoms with E-state index >= 15 is 0 Å². The van der Waals surface area contributed by atoms with Gasteiger partial charge in [-0.15, -0.1) is 11.3 Å². The number of thiophene rings is 1. The van der Waals surface area contributed by atoms with Gasteiger partial charge in [0.05, 0.1) is 9.80 Å². The minimum Gasteiger partial charge on any atom is -0.335 e. The first-order valence-electron chi connectivity index (χ1n) is 9.55. The third kappa shape index (κ3) is 4.09. The number of para-hydroxylation sites is 1. The van der Waals surface area contributed by atoms with E-state index in [0.29, 0.717) is 4.88 Å². The van der Waals surface area contributed by atoms with Crippen LogP contribution in [0.15, 0.2) is 70.9 Å². The molecule has 1 fully saturated rings. The number of amides is 1. The highest BCUT2D eigenvalue weighted by molar-refractivity contribution is 7.89.